The molecule has 2 aliphatic carbocycles. The Morgan fingerprint density at radius 3 is 2.26 bits per heavy atom. The van der Waals surface area contributed by atoms with Crippen molar-refractivity contribution in [3.63, 3.8) is 0 Å². The first kappa shape index (κ1) is 39.6. The quantitative estimate of drug-likeness (QED) is 0.254. The minimum Gasteiger partial charge on any atom is -0.465 e. The molecule has 6 rings (SSSR count). The van der Waals surface area contributed by atoms with E-state index in [9.17, 15) is 27.9 Å². The number of carbonyl (C=O) groups excluding carboxylic acids is 3. The number of nitrogens with one attached hydrogen (secondary N) is 2. The fraction of sp³-hybridized carbons (Fsp3) is 0.512. The molecule has 54 heavy (non-hydrogen) atoms. The summed E-state index contributed by atoms with van der Waals surface area (Å²) in [6, 6.07) is 16.0. The zero-order valence-electron chi connectivity index (χ0n) is 31.3. The van der Waals surface area contributed by atoms with Crippen molar-refractivity contribution < 1.29 is 32.7 Å². The molecule has 3 N–H and O–H groups in total. The van der Waals surface area contributed by atoms with Crippen LogP contribution in [0.15, 0.2) is 79.4 Å². The van der Waals surface area contributed by atoms with Crippen LogP contribution < -0.4 is 10.0 Å². The summed E-state index contributed by atoms with van der Waals surface area (Å²) in [7, 11) is -3.90. The number of fused-ring (bicyclic) bond motifs is 2. The fourth-order valence-electron chi connectivity index (χ4n) is 7.96. The van der Waals surface area contributed by atoms with Gasteiger partial charge in [-0.1, -0.05) is 85.7 Å². The second-order valence-corrected chi connectivity index (χ2v) is 19.4. The number of sulfonamides is 1. The molecular weight excluding hydrogens is 725 g/mol. The van der Waals surface area contributed by atoms with Crippen molar-refractivity contribution in [1.82, 2.24) is 19.8 Å². The van der Waals surface area contributed by atoms with Gasteiger partial charge in [0.15, 0.2) is 0 Å². The van der Waals surface area contributed by atoms with Crippen molar-refractivity contribution in [2.75, 3.05) is 12.3 Å². The highest BCUT2D eigenvalue weighted by atomic mass is 32.2. The smallest absolute Gasteiger partial charge is 0.408 e. The van der Waals surface area contributed by atoms with Gasteiger partial charge < -0.3 is 15.3 Å². The number of thioether (sulfide) groups is 1. The fourth-order valence-corrected chi connectivity index (χ4v) is 10.7. The van der Waals surface area contributed by atoms with Gasteiger partial charge in [0.05, 0.1) is 10.00 Å². The van der Waals surface area contributed by atoms with E-state index in [4.69, 9.17) is 0 Å². The highest BCUT2D eigenvalue weighted by molar-refractivity contribution is 8.00. The van der Waals surface area contributed by atoms with Gasteiger partial charge in [0.2, 0.25) is 21.8 Å². The molecule has 0 aromatic heterocycles. The standard InChI is InChI=1S/C41H52N4O7S2/c1-5-30-25-41(30,37(48)43-54(51,52)32-22-23-32)42-35(46)34-26-40(31-20-18-29(19-21-31)28-15-11-10-12-16-28)27-44(34)36(47)33(45(38(49)50)39(2,3)4)17-13-8-6-7-9-14-24-53-40/h5,9-12,14-16,18-21,30,32-34H,1,6-8,13,17,22-27H2,2-4H3,(H,42,46)(H,43,48)(H,49,50)/t30-,33+,34+,40+,41-/m1/s1. The lowest BCUT2D eigenvalue weighted by Crippen LogP contribution is -2.60. The van der Waals surface area contributed by atoms with Gasteiger partial charge in [0.25, 0.3) is 5.91 Å². The van der Waals surface area contributed by atoms with Crippen LogP contribution in [0.3, 0.4) is 0 Å². The number of hydrogen-bond donors (Lipinski definition) is 3. The molecule has 2 aliphatic heterocycles. The Morgan fingerprint density at radius 2 is 1.65 bits per heavy atom. The topological polar surface area (TPSA) is 153 Å². The molecule has 1 saturated heterocycles. The van der Waals surface area contributed by atoms with E-state index in [1.54, 1.807) is 32.5 Å². The Labute approximate surface area is 323 Å². The van der Waals surface area contributed by atoms with Crippen LogP contribution in [0.25, 0.3) is 11.1 Å². The number of carbonyl (C=O) groups is 4. The lowest BCUT2D eigenvalue weighted by atomic mass is 9.93. The Morgan fingerprint density at radius 1 is 0.963 bits per heavy atom. The van der Waals surface area contributed by atoms with E-state index in [0.29, 0.717) is 25.0 Å². The van der Waals surface area contributed by atoms with Crippen LogP contribution in [0.4, 0.5) is 4.79 Å². The van der Waals surface area contributed by atoms with Gasteiger partial charge in [0, 0.05) is 23.8 Å². The molecule has 0 unspecified atom stereocenters. The number of nitrogens with zero attached hydrogens (tertiary/aromatic N) is 2. The molecule has 5 atom stereocenters. The monoisotopic (exact) mass is 776 g/mol. The number of hydrogen-bond acceptors (Lipinski definition) is 7. The maximum atomic E-state index is 15.0. The van der Waals surface area contributed by atoms with Gasteiger partial charge in [-0.3, -0.25) is 24.0 Å². The van der Waals surface area contributed by atoms with Crippen molar-refractivity contribution in [1.29, 1.82) is 0 Å². The second kappa shape index (κ2) is 15.6. The van der Waals surface area contributed by atoms with Crippen molar-refractivity contribution in [3.05, 3.63) is 85.0 Å². The molecule has 3 fully saturated rings. The van der Waals surface area contributed by atoms with Gasteiger partial charge >= 0.3 is 6.09 Å². The van der Waals surface area contributed by atoms with E-state index in [2.05, 4.69) is 28.8 Å². The highest BCUT2D eigenvalue weighted by Crippen LogP contribution is 2.50. The Balaban J connectivity index is 1.41. The Bertz CT molecular complexity index is 1890. The summed E-state index contributed by atoms with van der Waals surface area (Å²) in [5, 5.41) is 12.8. The number of carboxylic acid groups (broad SMARTS) is 1. The van der Waals surface area contributed by atoms with Gasteiger partial charge in [-0.15, -0.1) is 18.3 Å². The third-order valence-electron chi connectivity index (χ3n) is 11.2. The molecular formula is C41H52N4O7S2. The second-order valence-electron chi connectivity index (χ2n) is 16.1. The first-order valence-corrected chi connectivity index (χ1v) is 21.4. The third-order valence-corrected chi connectivity index (χ3v) is 14.4. The number of benzene rings is 2. The predicted octanol–water partition coefficient (Wildman–Crippen LogP) is 6.22. The first-order chi connectivity index (χ1) is 25.6. The van der Waals surface area contributed by atoms with Gasteiger partial charge in [0.1, 0.15) is 17.6 Å². The van der Waals surface area contributed by atoms with E-state index in [0.717, 1.165) is 36.0 Å². The zero-order valence-corrected chi connectivity index (χ0v) is 33.0. The van der Waals surface area contributed by atoms with Crippen LogP contribution in [-0.2, 0) is 29.2 Å². The average molecular weight is 777 g/mol. The number of rotatable bonds is 9. The van der Waals surface area contributed by atoms with Crippen LogP contribution in [0.5, 0.6) is 0 Å². The predicted molar refractivity (Wildman–Crippen MR) is 211 cm³/mol. The molecule has 4 aliphatic rings. The summed E-state index contributed by atoms with van der Waals surface area (Å²) in [4.78, 5) is 59.0. The lowest BCUT2D eigenvalue weighted by Gasteiger charge is -2.41. The summed E-state index contributed by atoms with van der Waals surface area (Å²) in [5.41, 5.74) is 0.530. The van der Waals surface area contributed by atoms with E-state index in [1.807, 2.05) is 54.6 Å². The van der Waals surface area contributed by atoms with Crippen LogP contribution in [0, 0.1) is 5.92 Å². The zero-order chi connectivity index (χ0) is 38.9. The summed E-state index contributed by atoms with van der Waals surface area (Å²) in [6.07, 6.45) is 9.38. The highest BCUT2D eigenvalue weighted by Gasteiger charge is 2.62. The molecule has 11 nitrogen and oxygen atoms in total. The Kier molecular flexibility index (Phi) is 11.4. The van der Waals surface area contributed by atoms with Gasteiger partial charge in [-0.2, -0.15) is 0 Å². The summed E-state index contributed by atoms with van der Waals surface area (Å²) < 4.78 is 27.1. The SMILES string of the molecule is C=C[C@@H]1C[C@]1(NC(=O)[C@@H]1C[C@@]2(c3ccc(-c4ccccc4)cc3)CN1C(=O)[C@@H](N(C(=O)O)C(C)(C)C)CCCCCC=CCS2)C(=O)NS(=O)(=O)C1CC1. The summed E-state index contributed by atoms with van der Waals surface area (Å²) in [6.45, 7) is 9.22. The molecule has 0 spiro atoms. The minimum atomic E-state index is -3.90. The van der Waals surface area contributed by atoms with Crippen molar-refractivity contribution in [2.45, 2.75) is 112 Å². The van der Waals surface area contributed by atoms with Crippen LogP contribution in [-0.4, -0.2) is 87.8 Å². The van der Waals surface area contributed by atoms with Gasteiger partial charge in [-0.25, -0.2) is 13.2 Å². The van der Waals surface area contributed by atoms with Gasteiger partial charge in [-0.05, 0) is 82.4 Å². The van der Waals surface area contributed by atoms with Crippen LogP contribution >= 0.6 is 11.8 Å². The molecule has 4 amide bonds. The lowest BCUT2D eigenvalue weighted by molar-refractivity contribution is -0.144. The molecule has 2 heterocycles. The average Bonchev–Trinajstić information content (AvgIpc) is 4.06. The number of allylic oxidation sites excluding steroid dienone is 1. The van der Waals surface area contributed by atoms with Crippen LogP contribution in [0.1, 0.15) is 84.1 Å². The molecule has 290 valence electrons. The maximum absolute atomic E-state index is 15.0. The van der Waals surface area contributed by atoms with Crippen molar-refractivity contribution in [3.8, 4) is 11.1 Å². The largest absolute Gasteiger partial charge is 0.465 e. The van der Waals surface area contributed by atoms with E-state index in [-0.39, 0.29) is 25.8 Å². The molecule has 13 heteroatoms. The molecule has 2 bridgehead atoms. The maximum Gasteiger partial charge on any atom is 0.408 e. The molecule has 2 aromatic carbocycles. The van der Waals surface area contributed by atoms with Crippen molar-refractivity contribution in [2.24, 2.45) is 5.92 Å². The number of amides is 4. The van der Waals surface area contributed by atoms with E-state index < -0.39 is 72.9 Å². The van der Waals surface area contributed by atoms with E-state index >= 15 is 4.79 Å². The molecule has 2 saturated carbocycles. The van der Waals surface area contributed by atoms with Crippen LogP contribution in [0.2, 0.25) is 0 Å². The summed E-state index contributed by atoms with van der Waals surface area (Å²) >= 11 is 1.63. The molecule has 2 aromatic rings. The van der Waals surface area contributed by atoms with E-state index in [1.165, 1.54) is 15.9 Å². The Hall–Kier alpha value is -4.10. The first-order valence-electron chi connectivity index (χ1n) is 18.9. The minimum absolute atomic E-state index is 0.126. The molecule has 0 radical (unpaired) electrons. The van der Waals surface area contributed by atoms with Crippen molar-refractivity contribution >= 4 is 45.6 Å². The normalized spacial score (nSPS) is 27.7. The third kappa shape index (κ3) is 8.27. The summed E-state index contributed by atoms with van der Waals surface area (Å²) in [5.74, 6) is -1.76.